The summed E-state index contributed by atoms with van der Waals surface area (Å²) in [5, 5.41) is 4.14. The van der Waals surface area contributed by atoms with Gasteiger partial charge in [-0.2, -0.15) is 0 Å². The molecule has 20 heavy (non-hydrogen) atoms. The fourth-order valence-corrected chi connectivity index (χ4v) is 1.88. The number of halogens is 1. The van der Waals surface area contributed by atoms with E-state index in [1.165, 1.54) is 0 Å². The van der Waals surface area contributed by atoms with Crippen molar-refractivity contribution < 1.29 is 4.74 Å². The van der Waals surface area contributed by atoms with Crippen LogP contribution in [-0.2, 0) is 6.54 Å². The number of pyridine rings is 1. The van der Waals surface area contributed by atoms with Gasteiger partial charge < -0.3 is 10.1 Å². The van der Waals surface area contributed by atoms with Gasteiger partial charge in [-0.25, -0.2) is 0 Å². The second-order valence-electron chi connectivity index (χ2n) is 5.65. The summed E-state index contributed by atoms with van der Waals surface area (Å²) >= 11 is 6.07. The molecule has 1 aromatic heterocycles. The number of rotatable bonds is 4. The molecular weight excluding hydrogens is 272 g/mol. The lowest BCUT2D eigenvalue weighted by Gasteiger charge is -2.21. The van der Waals surface area contributed by atoms with Crippen LogP contribution in [0.1, 0.15) is 26.3 Å². The summed E-state index contributed by atoms with van der Waals surface area (Å²) in [5.74, 6) is 1.51. The number of benzene rings is 1. The molecule has 4 heteroatoms. The topological polar surface area (TPSA) is 34.1 Å². The minimum Gasteiger partial charge on any atom is -0.455 e. The maximum absolute atomic E-state index is 6.07. The monoisotopic (exact) mass is 290 g/mol. The first kappa shape index (κ1) is 14.8. The van der Waals surface area contributed by atoms with E-state index >= 15 is 0 Å². The first-order valence-corrected chi connectivity index (χ1v) is 6.93. The number of hydrogen-bond acceptors (Lipinski definition) is 3. The van der Waals surface area contributed by atoms with E-state index in [0.717, 1.165) is 11.3 Å². The quantitative estimate of drug-likeness (QED) is 0.905. The Kier molecular flexibility index (Phi) is 4.63. The molecule has 106 valence electrons. The van der Waals surface area contributed by atoms with Crippen LogP contribution in [-0.4, -0.2) is 10.5 Å². The maximum Gasteiger partial charge on any atom is 0.145 e. The van der Waals surface area contributed by atoms with Crippen molar-refractivity contribution in [2.45, 2.75) is 32.9 Å². The third-order valence-corrected chi connectivity index (χ3v) is 2.93. The largest absolute Gasteiger partial charge is 0.455 e. The van der Waals surface area contributed by atoms with Gasteiger partial charge in [0.15, 0.2) is 0 Å². The predicted molar refractivity (Wildman–Crippen MR) is 82.4 cm³/mol. The van der Waals surface area contributed by atoms with Gasteiger partial charge in [-0.05, 0) is 51.1 Å². The first-order chi connectivity index (χ1) is 9.44. The van der Waals surface area contributed by atoms with Gasteiger partial charge >= 0.3 is 0 Å². The predicted octanol–water partition coefficient (Wildman–Crippen LogP) is 4.42. The Morgan fingerprint density at radius 2 is 2.05 bits per heavy atom. The van der Waals surface area contributed by atoms with Crippen LogP contribution in [0.4, 0.5) is 0 Å². The van der Waals surface area contributed by atoms with Gasteiger partial charge in [0.1, 0.15) is 11.5 Å². The molecule has 0 spiro atoms. The Labute approximate surface area is 124 Å². The lowest BCUT2D eigenvalue weighted by Crippen LogP contribution is -2.35. The van der Waals surface area contributed by atoms with E-state index in [1.54, 1.807) is 12.4 Å². The van der Waals surface area contributed by atoms with Crippen LogP contribution in [0, 0.1) is 0 Å². The molecule has 2 rings (SSSR count). The highest BCUT2D eigenvalue weighted by Gasteiger charge is 2.12. The summed E-state index contributed by atoms with van der Waals surface area (Å²) in [4.78, 5) is 4.05. The second kappa shape index (κ2) is 6.25. The van der Waals surface area contributed by atoms with Gasteiger partial charge in [-0.3, -0.25) is 4.98 Å². The number of aromatic nitrogens is 1. The minimum atomic E-state index is 0.0356. The minimum absolute atomic E-state index is 0.0356. The van der Waals surface area contributed by atoms with Crippen molar-refractivity contribution in [3.8, 4) is 11.5 Å². The Balaban J connectivity index is 2.19. The molecule has 0 aliphatic heterocycles. The average Bonchev–Trinajstić information content (AvgIpc) is 2.39. The summed E-state index contributed by atoms with van der Waals surface area (Å²) in [6.45, 7) is 7.07. The van der Waals surface area contributed by atoms with Gasteiger partial charge in [0, 0.05) is 28.9 Å². The molecule has 1 aromatic carbocycles. The molecule has 0 saturated carbocycles. The summed E-state index contributed by atoms with van der Waals surface area (Å²) in [6, 6.07) is 9.36. The molecule has 0 unspecified atom stereocenters. The van der Waals surface area contributed by atoms with E-state index in [9.17, 15) is 0 Å². The van der Waals surface area contributed by atoms with Crippen LogP contribution in [0.3, 0.4) is 0 Å². The van der Waals surface area contributed by atoms with E-state index in [0.29, 0.717) is 17.3 Å². The van der Waals surface area contributed by atoms with E-state index in [1.807, 2.05) is 30.3 Å². The van der Waals surface area contributed by atoms with Gasteiger partial charge in [0.25, 0.3) is 0 Å². The van der Waals surface area contributed by atoms with Gasteiger partial charge in [0.2, 0.25) is 0 Å². The molecule has 0 radical (unpaired) electrons. The standard InChI is InChI=1S/C16H19ClN2O/c1-16(2,3)19-10-12-9-13(17)6-7-15(12)20-14-5-4-8-18-11-14/h4-9,11,19H,10H2,1-3H3. The molecule has 0 amide bonds. The van der Waals surface area contributed by atoms with Crippen LogP contribution in [0.2, 0.25) is 5.02 Å². The zero-order chi connectivity index (χ0) is 14.6. The molecule has 0 atom stereocenters. The van der Waals surface area contributed by atoms with Crippen molar-refractivity contribution in [2.24, 2.45) is 0 Å². The Morgan fingerprint density at radius 3 is 2.70 bits per heavy atom. The normalized spacial score (nSPS) is 11.4. The summed E-state index contributed by atoms with van der Waals surface area (Å²) in [5.41, 5.74) is 1.06. The van der Waals surface area contributed by atoms with E-state index in [4.69, 9.17) is 16.3 Å². The number of hydrogen-bond donors (Lipinski definition) is 1. The third-order valence-electron chi connectivity index (χ3n) is 2.69. The van der Waals surface area contributed by atoms with Crippen LogP contribution < -0.4 is 10.1 Å². The van der Waals surface area contributed by atoms with Gasteiger partial charge in [-0.1, -0.05) is 11.6 Å². The van der Waals surface area contributed by atoms with E-state index in [-0.39, 0.29) is 5.54 Å². The Bertz CT molecular complexity index is 564. The highest BCUT2D eigenvalue weighted by Crippen LogP contribution is 2.27. The SMILES string of the molecule is CC(C)(C)NCc1cc(Cl)ccc1Oc1cccnc1. The Morgan fingerprint density at radius 1 is 1.25 bits per heavy atom. The van der Waals surface area contributed by atoms with Crippen molar-refractivity contribution in [3.63, 3.8) is 0 Å². The van der Waals surface area contributed by atoms with Crippen LogP contribution in [0.15, 0.2) is 42.7 Å². The van der Waals surface area contributed by atoms with Gasteiger partial charge in [0.05, 0.1) is 6.20 Å². The maximum atomic E-state index is 6.07. The fourth-order valence-electron chi connectivity index (χ4n) is 1.68. The summed E-state index contributed by atoms with van der Waals surface area (Å²) in [7, 11) is 0. The molecule has 1 heterocycles. The number of ether oxygens (including phenoxy) is 1. The van der Waals surface area contributed by atoms with Crippen LogP contribution in [0.25, 0.3) is 0 Å². The Hall–Kier alpha value is -1.58. The highest BCUT2D eigenvalue weighted by molar-refractivity contribution is 6.30. The number of nitrogens with zero attached hydrogens (tertiary/aromatic N) is 1. The van der Waals surface area contributed by atoms with Crippen molar-refractivity contribution in [3.05, 3.63) is 53.3 Å². The molecular formula is C16H19ClN2O. The van der Waals surface area contributed by atoms with Crippen molar-refractivity contribution >= 4 is 11.6 Å². The zero-order valence-corrected chi connectivity index (χ0v) is 12.7. The van der Waals surface area contributed by atoms with Crippen molar-refractivity contribution in [2.75, 3.05) is 0 Å². The lowest BCUT2D eigenvalue weighted by molar-refractivity contribution is 0.414. The third kappa shape index (κ3) is 4.51. The molecule has 1 N–H and O–H groups in total. The summed E-state index contributed by atoms with van der Waals surface area (Å²) < 4.78 is 5.87. The molecule has 0 aliphatic carbocycles. The zero-order valence-electron chi connectivity index (χ0n) is 12.0. The fraction of sp³-hybridized carbons (Fsp3) is 0.312. The molecule has 0 bridgehead atoms. The second-order valence-corrected chi connectivity index (χ2v) is 6.08. The van der Waals surface area contributed by atoms with Crippen molar-refractivity contribution in [1.82, 2.24) is 10.3 Å². The van der Waals surface area contributed by atoms with Crippen LogP contribution >= 0.6 is 11.6 Å². The average molecular weight is 291 g/mol. The number of nitrogens with one attached hydrogen (secondary N) is 1. The van der Waals surface area contributed by atoms with Gasteiger partial charge in [-0.15, -0.1) is 0 Å². The smallest absolute Gasteiger partial charge is 0.145 e. The molecule has 2 aromatic rings. The highest BCUT2D eigenvalue weighted by atomic mass is 35.5. The summed E-state index contributed by atoms with van der Waals surface area (Å²) in [6.07, 6.45) is 3.41. The van der Waals surface area contributed by atoms with E-state index < -0.39 is 0 Å². The molecule has 0 fully saturated rings. The molecule has 0 aliphatic rings. The molecule has 0 saturated heterocycles. The molecule has 3 nitrogen and oxygen atoms in total. The lowest BCUT2D eigenvalue weighted by atomic mass is 10.1. The first-order valence-electron chi connectivity index (χ1n) is 6.55. The van der Waals surface area contributed by atoms with E-state index in [2.05, 4.69) is 31.1 Å². The van der Waals surface area contributed by atoms with Crippen LogP contribution in [0.5, 0.6) is 11.5 Å². The van der Waals surface area contributed by atoms with Crippen molar-refractivity contribution in [1.29, 1.82) is 0 Å².